The van der Waals surface area contributed by atoms with Crippen molar-refractivity contribution in [2.24, 2.45) is 5.10 Å². The minimum Gasteiger partial charge on any atom is -0.496 e. The number of halogens is 1. The molecule has 7 nitrogen and oxygen atoms in total. The van der Waals surface area contributed by atoms with E-state index in [-0.39, 0.29) is 10.7 Å². The number of nitrogens with one attached hydrogen (secondary N) is 1. The first-order valence-corrected chi connectivity index (χ1v) is 8.21. The van der Waals surface area contributed by atoms with Crippen molar-refractivity contribution in [3.8, 4) is 5.75 Å². The van der Waals surface area contributed by atoms with Gasteiger partial charge < -0.3 is 4.74 Å². The number of nitro groups is 1. The van der Waals surface area contributed by atoms with Gasteiger partial charge in [0.2, 0.25) is 0 Å². The van der Waals surface area contributed by atoms with Gasteiger partial charge in [-0.1, -0.05) is 35.9 Å². The lowest BCUT2D eigenvalue weighted by Gasteiger charge is -2.09. The van der Waals surface area contributed by atoms with Gasteiger partial charge in [-0.25, -0.2) is 5.43 Å². The molecule has 3 rings (SSSR count). The molecule has 1 amide bonds. The van der Waals surface area contributed by atoms with Gasteiger partial charge in [0, 0.05) is 22.7 Å². The highest BCUT2D eigenvalue weighted by Gasteiger charge is 2.13. The van der Waals surface area contributed by atoms with Crippen molar-refractivity contribution in [1.29, 1.82) is 0 Å². The summed E-state index contributed by atoms with van der Waals surface area (Å²) in [6.45, 7) is 0. The normalized spacial score (nSPS) is 10.9. The van der Waals surface area contributed by atoms with E-state index in [1.807, 2.05) is 24.3 Å². The molecule has 3 aromatic rings. The average molecular weight is 384 g/mol. The number of fused-ring (bicyclic) bond motifs is 1. The Bertz CT molecular complexity index is 1070. The number of ether oxygens (including phenoxy) is 1. The number of hydrogen-bond donors (Lipinski definition) is 1. The van der Waals surface area contributed by atoms with Gasteiger partial charge in [-0.3, -0.25) is 14.9 Å². The second kappa shape index (κ2) is 7.84. The van der Waals surface area contributed by atoms with Crippen molar-refractivity contribution in [3.63, 3.8) is 0 Å². The highest BCUT2D eigenvalue weighted by molar-refractivity contribution is 6.33. The van der Waals surface area contributed by atoms with E-state index >= 15 is 0 Å². The van der Waals surface area contributed by atoms with Crippen LogP contribution in [0.5, 0.6) is 5.75 Å². The molecule has 0 aliphatic carbocycles. The number of nitrogens with zero attached hydrogens (tertiary/aromatic N) is 2. The third kappa shape index (κ3) is 4.04. The lowest BCUT2D eigenvalue weighted by atomic mass is 10.1. The number of benzene rings is 3. The summed E-state index contributed by atoms with van der Waals surface area (Å²) in [5, 5.41) is 16.8. The summed E-state index contributed by atoms with van der Waals surface area (Å²) in [5.74, 6) is -0.0646. The van der Waals surface area contributed by atoms with E-state index in [1.54, 1.807) is 12.1 Å². The van der Waals surface area contributed by atoms with Crippen LogP contribution in [0.2, 0.25) is 5.02 Å². The molecular weight excluding hydrogens is 370 g/mol. The largest absolute Gasteiger partial charge is 0.496 e. The minimum absolute atomic E-state index is 0.122. The fraction of sp³-hybridized carbons (Fsp3) is 0.0526. The lowest BCUT2D eigenvalue weighted by Crippen LogP contribution is -2.18. The van der Waals surface area contributed by atoms with Crippen LogP contribution in [0.25, 0.3) is 10.8 Å². The molecule has 0 bridgehead atoms. The van der Waals surface area contributed by atoms with Gasteiger partial charge in [0.15, 0.2) is 0 Å². The van der Waals surface area contributed by atoms with Crippen molar-refractivity contribution in [2.75, 3.05) is 7.11 Å². The summed E-state index contributed by atoms with van der Waals surface area (Å²) in [6.07, 6.45) is 1.25. The van der Waals surface area contributed by atoms with E-state index in [4.69, 9.17) is 16.3 Å². The second-order valence-electron chi connectivity index (χ2n) is 5.56. The Labute approximate surface area is 159 Å². The van der Waals surface area contributed by atoms with E-state index in [0.717, 1.165) is 10.8 Å². The van der Waals surface area contributed by atoms with Crippen molar-refractivity contribution < 1.29 is 14.5 Å². The smallest absolute Gasteiger partial charge is 0.275 e. The highest BCUT2D eigenvalue weighted by atomic mass is 35.5. The van der Waals surface area contributed by atoms with Crippen LogP contribution in [0.3, 0.4) is 0 Å². The van der Waals surface area contributed by atoms with E-state index in [1.165, 1.54) is 31.5 Å². The maximum atomic E-state index is 12.5. The molecule has 0 aliphatic rings. The van der Waals surface area contributed by atoms with Crippen molar-refractivity contribution in [2.45, 2.75) is 0 Å². The van der Waals surface area contributed by atoms with Crippen molar-refractivity contribution >= 4 is 40.2 Å². The molecule has 0 saturated carbocycles. The molecule has 1 N–H and O–H groups in total. The third-order valence-corrected chi connectivity index (χ3v) is 4.22. The Kier molecular flexibility index (Phi) is 5.33. The van der Waals surface area contributed by atoms with Gasteiger partial charge in [0.1, 0.15) is 5.75 Å². The van der Waals surface area contributed by atoms with Crippen LogP contribution < -0.4 is 10.2 Å². The lowest BCUT2D eigenvalue weighted by molar-refractivity contribution is -0.384. The minimum atomic E-state index is -0.536. The monoisotopic (exact) mass is 383 g/mol. The summed E-state index contributed by atoms with van der Waals surface area (Å²) >= 11 is 6.00. The van der Waals surface area contributed by atoms with Crippen LogP contribution in [0, 0.1) is 10.1 Å². The Balaban J connectivity index is 1.84. The van der Waals surface area contributed by atoms with Gasteiger partial charge in [-0.15, -0.1) is 0 Å². The molecule has 0 aromatic heterocycles. The van der Waals surface area contributed by atoms with Gasteiger partial charge in [0.25, 0.3) is 11.6 Å². The summed E-state index contributed by atoms with van der Waals surface area (Å²) in [4.78, 5) is 22.8. The van der Waals surface area contributed by atoms with Crippen LogP contribution >= 0.6 is 11.6 Å². The van der Waals surface area contributed by atoms with Gasteiger partial charge in [-0.2, -0.15) is 5.10 Å². The number of carbonyl (C=O) groups excluding carboxylic acids is 1. The average Bonchev–Trinajstić information content (AvgIpc) is 2.68. The molecule has 0 spiro atoms. The van der Waals surface area contributed by atoms with Crippen molar-refractivity contribution in [1.82, 2.24) is 5.43 Å². The molecule has 0 saturated heterocycles. The number of amides is 1. The van der Waals surface area contributed by atoms with Crippen LogP contribution in [0.1, 0.15) is 15.9 Å². The maximum Gasteiger partial charge on any atom is 0.275 e. The third-order valence-electron chi connectivity index (χ3n) is 3.87. The Morgan fingerprint density at radius 1 is 1.19 bits per heavy atom. The summed E-state index contributed by atoms with van der Waals surface area (Å²) in [6, 6.07) is 15.0. The number of non-ortho nitro benzene ring substituents is 1. The molecule has 136 valence electrons. The predicted molar refractivity (Wildman–Crippen MR) is 104 cm³/mol. The molecule has 3 aromatic carbocycles. The van der Waals surface area contributed by atoms with Gasteiger partial charge in [-0.05, 0) is 29.0 Å². The fourth-order valence-electron chi connectivity index (χ4n) is 2.53. The number of methoxy groups -OCH3 is 1. The van der Waals surface area contributed by atoms with E-state index in [2.05, 4.69) is 10.5 Å². The zero-order chi connectivity index (χ0) is 19.4. The fourth-order valence-corrected chi connectivity index (χ4v) is 2.70. The quantitative estimate of drug-likeness (QED) is 0.406. The Morgan fingerprint density at radius 2 is 1.89 bits per heavy atom. The summed E-state index contributed by atoms with van der Waals surface area (Å²) in [5.41, 5.74) is 2.90. The first kappa shape index (κ1) is 18.3. The first-order chi connectivity index (χ1) is 13.0. The number of rotatable bonds is 5. The molecule has 0 heterocycles. The molecule has 0 atom stereocenters. The zero-order valence-electron chi connectivity index (χ0n) is 14.2. The highest BCUT2D eigenvalue weighted by Crippen LogP contribution is 2.26. The second-order valence-corrected chi connectivity index (χ2v) is 5.97. The molecule has 8 heteroatoms. The van der Waals surface area contributed by atoms with Crippen molar-refractivity contribution in [3.05, 3.63) is 80.9 Å². The topological polar surface area (TPSA) is 93.8 Å². The number of carbonyl (C=O) groups is 1. The summed E-state index contributed by atoms with van der Waals surface area (Å²) < 4.78 is 5.29. The van der Waals surface area contributed by atoms with Crippen LogP contribution in [0.4, 0.5) is 5.69 Å². The van der Waals surface area contributed by atoms with Gasteiger partial charge >= 0.3 is 0 Å². The number of hydrogen-bond acceptors (Lipinski definition) is 5. The Morgan fingerprint density at radius 3 is 2.56 bits per heavy atom. The molecular formula is C19H14ClN3O4. The predicted octanol–water partition coefficient (Wildman–Crippen LogP) is 4.17. The van der Waals surface area contributed by atoms with E-state index < -0.39 is 10.8 Å². The SMILES string of the molecule is COc1cc2ccccc2cc1C(=O)N/N=C\c1cc([N+](=O)[O-])ccc1Cl. The van der Waals surface area contributed by atoms with Gasteiger partial charge in [0.05, 0.1) is 23.8 Å². The van der Waals surface area contributed by atoms with E-state index in [9.17, 15) is 14.9 Å². The van der Waals surface area contributed by atoms with Crippen LogP contribution in [-0.4, -0.2) is 24.2 Å². The molecule has 0 radical (unpaired) electrons. The number of nitro benzene ring substituents is 1. The maximum absolute atomic E-state index is 12.5. The van der Waals surface area contributed by atoms with Crippen LogP contribution in [-0.2, 0) is 0 Å². The Hall–Kier alpha value is -3.45. The standard InChI is InChI=1S/C19H14ClN3O4/c1-27-18-10-13-5-3-2-4-12(13)9-16(18)19(24)22-21-11-14-8-15(23(25)26)6-7-17(14)20/h2-11H,1H3,(H,22,24)/b21-11-. The first-order valence-electron chi connectivity index (χ1n) is 7.83. The molecule has 0 fully saturated rings. The molecule has 0 unspecified atom stereocenters. The molecule has 0 aliphatic heterocycles. The van der Waals surface area contributed by atoms with Crippen LogP contribution in [0.15, 0.2) is 59.7 Å². The zero-order valence-corrected chi connectivity index (χ0v) is 14.9. The molecule has 27 heavy (non-hydrogen) atoms. The number of hydrazone groups is 1. The summed E-state index contributed by atoms with van der Waals surface area (Å²) in [7, 11) is 1.48. The van der Waals surface area contributed by atoms with E-state index in [0.29, 0.717) is 16.9 Å².